The summed E-state index contributed by atoms with van der Waals surface area (Å²) in [6.07, 6.45) is 2.69. The molecule has 214 valence electrons. The largest absolute Gasteiger partial charge is 0.444 e. The summed E-state index contributed by atoms with van der Waals surface area (Å²) in [6.45, 7) is 15.2. The van der Waals surface area contributed by atoms with Crippen LogP contribution < -0.4 is 16.4 Å². The minimum atomic E-state index is -1.09. The molecule has 0 fully saturated rings. The summed E-state index contributed by atoms with van der Waals surface area (Å²) in [4.78, 5) is 53.5. The van der Waals surface area contributed by atoms with E-state index >= 15 is 0 Å². The Balaban J connectivity index is 3.55. The molecule has 2 unspecified atom stereocenters. The SMILES string of the molecule is CCCCCCN(C(=O)C(CCC(N)=O)NC(=O)OC(C)(C)C)C(C(=O)NC(C)C)c1cc(C)cc(C)c1. The van der Waals surface area contributed by atoms with Crippen LogP contribution in [0.2, 0.25) is 0 Å². The Morgan fingerprint density at radius 2 is 1.58 bits per heavy atom. The molecule has 0 saturated carbocycles. The van der Waals surface area contributed by atoms with Gasteiger partial charge in [-0.3, -0.25) is 14.4 Å². The third kappa shape index (κ3) is 12.0. The molecule has 0 aliphatic carbocycles. The summed E-state index contributed by atoms with van der Waals surface area (Å²) in [7, 11) is 0. The molecule has 1 aromatic carbocycles. The lowest BCUT2D eigenvalue weighted by Gasteiger charge is -2.35. The van der Waals surface area contributed by atoms with Gasteiger partial charge in [0.05, 0.1) is 0 Å². The smallest absolute Gasteiger partial charge is 0.408 e. The second kappa shape index (κ2) is 15.3. The van der Waals surface area contributed by atoms with Crippen molar-refractivity contribution in [3.8, 4) is 0 Å². The summed E-state index contributed by atoms with van der Waals surface area (Å²) in [5, 5.41) is 5.59. The Bertz CT molecular complexity index is 935. The second-order valence-electron chi connectivity index (χ2n) is 11.3. The molecule has 9 nitrogen and oxygen atoms in total. The number of primary amides is 1. The van der Waals surface area contributed by atoms with Crippen LogP contribution in [0.3, 0.4) is 0 Å². The van der Waals surface area contributed by atoms with Crippen molar-refractivity contribution < 1.29 is 23.9 Å². The highest BCUT2D eigenvalue weighted by atomic mass is 16.6. The van der Waals surface area contributed by atoms with Gasteiger partial charge in [0.15, 0.2) is 0 Å². The van der Waals surface area contributed by atoms with Gasteiger partial charge in [0, 0.05) is 19.0 Å². The van der Waals surface area contributed by atoms with E-state index in [9.17, 15) is 19.2 Å². The van der Waals surface area contributed by atoms with Crippen LogP contribution in [-0.2, 0) is 19.1 Å². The van der Waals surface area contributed by atoms with E-state index in [1.807, 2.05) is 45.9 Å². The monoisotopic (exact) mass is 532 g/mol. The zero-order chi connectivity index (χ0) is 29.0. The molecular weight excluding hydrogens is 484 g/mol. The molecule has 1 aromatic rings. The highest BCUT2D eigenvalue weighted by Gasteiger charge is 2.36. The number of rotatable bonds is 14. The van der Waals surface area contributed by atoms with Gasteiger partial charge in [0.2, 0.25) is 17.7 Å². The van der Waals surface area contributed by atoms with E-state index < -0.39 is 35.6 Å². The van der Waals surface area contributed by atoms with Crippen molar-refractivity contribution in [1.82, 2.24) is 15.5 Å². The van der Waals surface area contributed by atoms with E-state index in [1.165, 1.54) is 4.90 Å². The summed E-state index contributed by atoms with van der Waals surface area (Å²) in [5.41, 5.74) is 7.23. The van der Waals surface area contributed by atoms with Gasteiger partial charge < -0.3 is 26.0 Å². The van der Waals surface area contributed by atoms with Crippen LogP contribution in [0.4, 0.5) is 4.79 Å². The van der Waals surface area contributed by atoms with Crippen molar-refractivity contribution in [3.05, 3.63) is 34.9 Å². The lowest BCUT2D eigenvalue weighted by molar-refractivity contribution is -0.143. The topological polar surface area (TPSA) is 131 Å². The predicted octanol–water partition coefficient (Wildman–Crippen LogP) is 4.44. The maximum Gasteiger partial charge on any atom is 0.408 e. The minimum Gasteiger partial charge on any atom is -0.444 e. The Morgan fingerprint density at radius 3 is 2.08 bits per heavy atom. The lowest BCUT2D eigenvalue weighted by atomic mass is 9.97. The van der Waals surface area contributed by atoms with Crippen molar-refractivity contribution in [2.24, 2.45) is 5.73 Å². The Hall–Kier alpha value is -3.10. The van der Waals surface area contributed by atoms with Gasteiger partial charge in [-0.2, -0.15) is 0 Å². The lowest BCUT2D eigenvalue weighted by Crippen LogP contribution is -2.54. The number of hydrogen-bond donors (Lipinski definition) is 3. The molecule has 9 heteroatoms. The molecule has 0 spiro atoms. The first-order valence-corrected chi connectivity index (χ1v) is 13.6. The first kappa shape index (κ1) is 32.9. The number of alkyl carbamates (subject to hydrolysis) is 1. The maximum absolute atomic E-state index is 14.1. The molecule has 0 aromatic heterocycles. The molecule has 0 heterocycles. The van der Waals surface area contributed by atoms with Crippen LogP contribution in [0.25, 0.3) is 0 Å². The summed E-state index contributed by atoms with van der Waals surface area (Å²) in [6, 6.07) is 3.67. The summed E-state index contributed by atoms with van der Waals surface area (Å²) >= 11 is 0. The number of amides is 4. The molecular formula is C29H48N4O5. The van der Waals surface area contributed by atoms with Gasteiger partial charge in [-0.25, -0.2) is 4.79 Å². The number of ether oxygens (including phenoxy) is 1. The predicted molar refractivity (Wildman–Crippen MR) is 149 cm³/mol. The van der Waals surface area contributed by atoms with E-state index in [1.54, 1.807) is 20.8 Å². The zero-order valence-electron chi connectivity index (χ0n) is 24.5. The van der Waals surface area contributed by atoms with Crippen molar-refractivity contribution in [1.29, 1.82) is 0 Å². The number of nitrogens with zero attached hydrogens (tertiary/aromatic N) is 1. The quantitative estimate of drug-likeness (QED) is 0.305. The van der Waals surface area contributed by atoms with Crippen molar-refractivity contribution in [2.75, 3.05) is 6.54 Å². The van der Waals surface area contributed by atoms with E-state index in [4.69, 9.17) is 10.5 Å². The van der Waals surface area contributed by atoms with Crippen LogP contribution in [0.1, 0.15) is 103 Å². The average molecular weight is 533 g/mol. The standard InChI is InChI=1S/C29H48N4O5/c1-9-10-11-12-15-33(25(26(35)31-19(2)3)22-17-20(4)16-21(5)18-22)27(36)23(13-14-24(30)34)32-28(37)38-29(6,7)8/h16-19,23,25H,9-15H2,1-8H3,(H2,30,34)(H,31,35)(H,32,37). The van der Waals surface area contributed by atoms with Crippen LogP contribution in [0, 0.1) is 13.8 Å². The molecule has 0 bridgehead atoms. The average Bonchev–Trinajstić information content (AvgIpc) is 2.75. The number of hydrogen-bond acceptors (Lipinski definition) is 5. The fourth-order valence-corrected chi connectivity index (χ4v) is 4.27. The number of nitrogens with one attached hydrogen (secondary N) is 2. The maximum atomic E-state index is 14.1. The van der Waals surface area contributed by atoms with Crippen LogP contribution in [0.15, 0.2) is 18.2 Å². The molecule has 38 heavy (non-hydrogen) atoms. The number of aryl methyl sites for hydroxylation is 2. The van der Waals surface area contributed by atoms with E-state index in [2.05, 4.69) is 17.6 Å². The molecule has 4 amide bonds. The highest BCUT2D eigenvalue weighted by molar-refractivity contribution is 5.92. The van der Waals surface area contributed by atoms with E-state index in [-0.39, 0.29) is 24.8 Å². The summed E-state index contributed by atoms with van der Waals surface area (Å²) in [5.74, 6) is -1.36. The number of carbonyl (C=O) groups is 4. The minimum absolute atomic E-state index is 0.00969. The van der Waals surface area contributed by atoms with E-state index in [0.29, 0.717) is 18.5 Å². The highest BCUT2D eigenvalue weighted by Crippen LogP contribution is 2.26. The van der Waals surface area contributed by atoms with Gasteiger partial charge >= 0.3 is 6.09 Å². The van der Waals surface area contributed by atoms with Crippen LogP contribution in [0.5, 0.6) is 0 Å². The molecule has 0 radical (unpaired) electrons. The summed E-state index contributed by atoms with van der Waals surface area (Å²) < 4.78 is 5.38. The Labute approximate surface area is 228 Å². The first-order valence-electron chi connectivity index (χ1n) is 13.6. The van der Waals surface area contributed by atoms with Crippen LogP contribution in [-0.4, -0.2) is 52.9 Å². The number of nitrogens with two attached hydrogens (primary N) is 1. The molecule has 0 saturated heterocycles. The molecule has 4 N–H and O–H groups in total. The molecule has 0 aliphatic heterocycles. The second-order valence-corrected chi connectivity index (χ2v) is 11.3. The Morgan fingerprint density at radius 1 is 0.974 bits per heavy atom. The van der Waals surface area contributed by atoms with Gasteiger partial charge in [-0.1, -0.05) is 55.5 Å². The van der Waals surface area contributed by atoms with Crippen molar-refractivity contribution in [2.45, 2.75) is 118 Å². The molecule has 0 aliphatic rings. The fourth-order valence-electron chi connectivity index (χ4n) is 4.27. The number of carbonyl (C=O) groups excluding carboxylic acids is 4. The van der Waals surface area contributed by atoms with Gasteiger partial charge in [0.1, 0.15) is 17.7 Å². The number of unbranched alkanes of at least 4 members (excludes halogenated alkanes) is 3. The normalized spacial score (nSPS) is 13.0. The van der Waals surface area contributed by atoms with Crippen molar-refractivity contribution >= 4 is 23.8 Å². The third-order valence-corrected chi connectivity index (χ3v) is 5.75. The van der Waals surface area contributed by atoms with Crippen LogP contribution >= 0.6 is 0 Å². The fraction of sp³-hybridized carbons (Fsp3) is 0.655. The van der Waals surface area contributed by atoms with Gasteiger partial charge in [-0.15, -0.1) is 0 Å². The van der Waals surface area contributed by atoms with E-state index in [0.717, 1.165) is 30.4 Å². The number of benzene rings is 1. The third-order valence-electron chi connectivity index (χ3n) is 5.75. The first-order chi connectivity index (χ1) is 17.6. The molecule has 1 rings (SSSR count). The van der Waals surface area contributed by atoms with Crippen molar-refractivity contribution in [3.63, 3.8) is 0 Å². The van der Waals surface area contributed by atoms with Gasteiger partial charge in [0.25, 0.3) is 0 Å². The zero-order valence-corrected chi connectivity index (χ0v) is 24.5. The molecule has 2 atom stereocenters. The Kier molecular flexibility index (Phi) is 13.3. The van der Waals surface area contributed by atoms with Gasteiger partial charge in [-0.05, 0) is 66.9 Å².